The maximum Gasteiger partial charge on any atom is 0.304 e. The van der Waals surface area contributed by atoms with Crippen molar-refractivity contribution in [2.24, 2.45) is 0 Å². The Bertz CT molecular complexity index is 1050. The van der Waals surface area contributed by atoms with Crippen LogP contribution in [0.2, 0.25) is 0 Å². The zero-order valence-corrected chi connectivity index (χ0v) is 18.0. The summed E-state index contributed by atoms with van der Waals surface area (Å²) in [5.74, 6) is -0.809. The standard InChI is InChI=1S/C24H24N2O4S/c1-18-4-2-5-19(14-18)16-25(13-12-24(27)28)17-20-6-3-7-23(15-20)31-22-10-8-21(9-11-22)26(29)30/h2-11,14-15H,12-13,16-17H2,1H3,(H,27,28). The first-order chi connectivity index (χ1) is 14.9. The molecule has 0 saturated carbocycles. The van der Waals surface area contributed by atoms with Gasteiger partial charge in [-0.1, -0.05) is 53.7 Å². The van der Waals surface area contributed by atoms with Gasteiger partial charge in [0.05, 0.1) is 11.3 Å². The lowest BCUT2D eigenvalue weighted by Gasteiger charge is -2.22. The summed E-state index contributed by atoms with van der Waals surface area (Å²) in [7, 11) is 0. The number of carboxylic acid groups (broad SMARTS) is 1. The Balaban J connectivity index is 1.71. The van der Waals surface area contributed by atoms with Gasteiger partial charge in [0.2, 0.25) is 0 Å². The number of carboxylic acids is 1. The van der Waals surface area contributed by atoms with Crippen LogP contribution in [0.5, 0.6) is 0 Å². The van der Waals surface area contributed by atoms with Crippen LogP contribution in [0.15, 0.2) is 82.6 Å². The zero-order valence-electron chi connectivity index (χ0n) is 17.2. The molecule has 1 N–H and O–H groups in total. The number of benzene rings is 3. The highest BCUT2D eigenvalue weighted by Crippen LogP contribution is 2.30. The van der Waals surface area contributed by atoms with Crippen LogP contribution in [0.3, 0.4) is 0 Å². The van der Waals surface area contributed by atoms with Crippen LogP contribution in [-0.2, 0) is 17.9 Å². The lowest BCUT2D eigenvalue weighted by Crippen LogP contribution is -2.25. The van der Waals surface area contributed by atoms with E-state index in [4.69, 9.17) is 5.11 Å². The van der Waals surface area contributed by atoms with Crippen molar-refractivity contribution in [1.82, 2.24) is 4.90 Å². The highest BCUT2D eigenvalue weighted by atomic mass is 32.2. The molecule has 3 rings (SSSR count). The van der Waals surface area contributed by atoms with E-state index in [1.54, 1.807) is 12.1 Å². The molecule has 7 heteroatoms. The normalized spacial score (nSPS) is 10.9. The number of non-ortho nitro benzene ring substituents is 1. The highest BCUT2D eigenvalue weighted by Gasteiger charge is 2.11. The Morgan fingerprint density at radius 3 is 2.23 bits per heavy atom. The van der Waals surface area contributed by atoms with Crippen molar-refractivity contribution >= 4 is 23.4 Å². The summed E-state index contributed by atoms with van der Waals surface area (Å²) in [6.07, 6.45) is 0.0864. The van der Waals surface area contributed by atoms with Crippen LogP contribution >= 0.6 is 11.8 Å². The van der Waals surface area contributed by atoms with Crippen LogP contribution in [0.1, 0.15) is 23.1 Å². The third-order valence-electron chi connectivity index (χ3n) is 4.72. The molecule has 0 aliphatic heterocycles. The van der Waals surface area contributed by atoms with Crippen molar-refractivity contribution in [1.29, 1.82) is 0 Å². The minimum atomic E-state index is -0.809. The van der Waals surface area contributed by atoms with Gasteiger partial charge in [-0.3, -0.25) is 19.8 Å². The molecule has 3 aromatic rings. The summed E-state index contributed by atoms with van der Waals surface area (Å²) < 4.78 is 0. The van der Waals surface area contributed by atoms with Crippen LogP contribution in [-0.4, -0.2) is 27.4 Å². The fraction of sp³-hybridized carbons (Fsp3) is 0.208. The van der Waals surface area contributed by atoms with Crippen LogP contribution in [0.4, 0.5) is 5.69 Å². The summed E-state index contributed by atoms with van der Waals surface area (Å²) in [6, 6.07) is 22.8. The topological polar surface area (TPSA) is 83.7 Å². The second kappa shape index (κ2) is 10.7. The van der Waals surface area contributed by atoms with E-state index in [-0.39, 0.29) is 12.1 Å². The number of rotatable bonds is 10. The predicted molar refractivity (Wildman–Crippen MR) is 121 cm³/mol. The number of nitro groups is 1. The number of aryl methyl sites for hydroxylation is 1. The van der Waals surface area contributed by atoms with E-state index in [0.29, 0.717) is 19.6 Å². The lowest BCUT2D eigenvalue weighted by atomic mass is 10.1. The van der Waals surface area contributed by atoms with E-state index in [9.17, 15) is 14.9 Å². The fourth-order valence-corrected chi connectivity index (χ4v) is 4.18. The predicted octanol–water partition coefficient (Wildman–Crippen LogP) is 5.53. The minimum absolute atomic E-state index is 0.0725. The molecular formula is C24H24N2O4S. The second-order valence-corrected chi connectivity index (χ2v) is 8.49. The van der Waals surface area contributed by atoms with Crippen molar-refractivity contribution in [3.63, 3.8) is 0 Å². The van der Waals surface area contributed by atoms with Gasteiger partial charge in [0.1, 0.15) is 0 Å². The Morgan fingerprint density at radius 2 is 1.61 bits per heavy atom. The minimum Gasteiger partial charge on any atom is -0.481 e. The zero-order chi connectivity index (χ0) is 22.2. The number of nitrogens with zero attached hydrogens (tertiary/aromatic N) is 2. The molecule has 0 atom stereocenters. The van der Waals surface area contributed by atoms with E-state index >= 15 is 0 Å². The maximum atomic E-state index is 11.1. The molecule has 0 radical (unpaired) electrons. The average molecular weight is 437 g/mol. The molecule has 0 unspecified atom stereocenters. The quantitative estimate of drug-likeness (QED) is 0.332. The number of aliphatic carboxylic acids is 1. The van der Waals surface area contributed by atoms with E-state index in [2.05, 4.69) is 23.1 Å². The molecular weight excluding hydrogens is 412 g/mol. The van der Waals surface area contributed by atoms with Crippen molar-refractivity contribution in [2.75, 3.05) is 6.54 Å². The van der Waals surface area contributed by atoms with Crippen molar-refractivity contribution in [3.05, 3.63) is 99.6 Å². The highest BCUT2D eigenvalue weighted by molar-refractivity contribution is 7.99. The molecule has 0 fully saturated rings. The molecule has 0 aliphatic carbocycles. The molecule has 160 valence electrons. The summed E-state index contributed by atoms with van der Waals surface area (Å²) >= 11 is 1.54. The Kier molecular flexibility index (Phi) is 7.81. The number of hydrogen-bond donors (Lipinski definition) is 1. The molecule has 0 aromatic heterocycles. The van der Waals surface area contributed by atoms with Crippen molar-refractivity contribution in [3.8, 4) is 0 Å². The summed E-state index contributed by atoms with van der Waals surface area (Å²) in [4.78, 5) is 25.6. The molecule has 0 saturated heterocycles. The molecule has 3 aromatic carbocycles. The van der Waals surface area contributed by atoms with E-state index in [1.807, 2.05) is 37.3 Å². The number of carbonyl (C=O) groups is 1. The first-order valence-electron chi connectivity index (χ1n) is 9.90. The molecule has 0 aliphatic rings. The molecule has 6 nitrogen and oxygen atoms in total. The first-order valence-corrected chi connectivity index (χ1v) is 10.7. The van der Waals surface area contributed by atoms with Gasteiger partial charge in [0.25, 0.3) is 5.69 Å². The Labute approximate surface area is 185 Å². The van der Waals surface area contributed by atoms with Gasteiger partial charge in [-0.2, -0.15) is 0 Å². The molecule has 0 heterocycles. The van der Waals surface area contributed by atoms with Crippen molar-refractivity contribution in [2.45, 2.75) is 36.2 Å². The molecule has 31 heavy (non-hydrogen) atoms. The molecule has 0 bridgehead atoms. The van der Waals surface area contributed by atoms with E-state index < -0.39 is 10.9 Å². The summed E-state index contributed by atoms with van der Waals surface area (Å²) in [5, 5.41) is 19.9. The van der Waals surface area contributed by atoms with E-state index in [0.717, 1.165) is 20.9 Å². The molecule has 0 spiro atoms. The molecule has 0 amide bonds. The van der Waals surface area contributed by atoms with Gasteiger partial charge in [-0.15, -0.1) is 0 Å². The summed E-state index contributed by atoms with van der Waals surface area (Å²) in [6.45, 7) is 3.82. The average Bonchev–Trinajstić information content (AvgIpc) is 2.73. The van der Waals surface area contributed by atoms with Gasteiger partial charge >= 0.3 is 5.97 Å². The van der Waals surface area contributed by atoms with Gasteiger partial charge in [-0.05, 0) is 42.3 Å². The summed E-state index contributed by atoms with van der Waals surface area (Å²) in [5.41, 5.74) is 3.49. The SMILES string of the molecule is Cc1cccc(CN(CCC(=O)O)Cc2cccc(Sc3ccc([N+](=O)[O-])cc3)c2)c1. The van der Waals surface area contributed by atoms with Crippen LogP contribution < -0.4 is 0 Å². The van der Waals surface area contributed by atoms with Crippen LogP contribution in [0.25, 0.3) is 0 Å². The van der Waals surface area contributed by atoms with Gasteiger partial charge < -0.3 is 5.11 Å². The van der Waals surface area contributed by atoms with Crippen LogP contribution in [0, 0.1) is 17.0 Å². The lowest BCUT2D eigenvalue weighted by molar-refractivity contribution is -0.384. The van der Waals surface area contributed by atoms with Crippen molar-refractivity contribution < 1.29 is 14.8 Å². The van der Waals surface area contributed by atoms with Gasteiger partial charge in [0.15, 0.2) is 0 Å². The third-order valence-corrected chi connectivity index (χ3v) is 5.72. The number of hydrogen-bond acceptors (Lipinski definition) is 5. The number of nitro benzene ring substituents is 1. The van der Waals surface area contributed by atoms with Gasteiger partial charge in [-0.25, -0.2) is 0 Å². The first kappa shape index (κ1) is 22.5. The smallest absolute Gasteiger partial charge is 0.304 e. The third kappa shape index (κ3) is 7.24. The fourth-order valence-electron chi connectivity index (χ4n) is 3.27. The second-order valence-electron chi connectivity index (χ2n) is 7.34. The Morgan fingerprint density at radius 1 is 0.968 bits per heavy atom. The van der Waals surface area contributed by atoms with E-state index in [1.165, 1.54) is 29.5 Å². The van der Waals surface area contributed by atoms with Gasteiger partial charge in [0, 0.05) is 41.6 Å². The largest absolute Gasteiger partial charge is 0.481 e. The monoisotopic (exact) mass is 436 g/mol. The Hall–Kier alpha value is -3.16. The maximum absolute atomic E-state index is 11.1.